The molecule has 0 aliphatic heterocycles. The lowest BCUT2D eigenvalue weighted by atomic mass is 10.2. The van der Waals surface area contributed by atoms with Gasteiger partial charge >= 0.3 is 0 Å². The Balaban J connectivity index is 2.16. The number of nitrogens with zero attached hydrogens (tertiary/aromatic N) is 2. The summed E-state index contributed by atoms with van der Waals surface area (Å²) in [6.45, 7) is 2.53. The highest BCUT2D eigenvalue weighted by Gasteiger charge is 2.10. The van der Waals surface area contributed by atoms with Gasteiger partial charge in [0, 0.05) is 23.8 Å². The van der Waals surface area contributed by atoms with Crippen molar-refractivity contribution in [2.75, 3.05) is 11.9 Å². The Morgan fingerprint density at radius 3 is 2.95 bits per heavy atom. The molecule has 7 heteroatoms. The first-order valence-corrected chi connectivity index (χ1v) is 7.27. The van der Waals surface area contributed by atoms with Gasteiger partial charge in [-0.15, -0.1) is 0 Å². The largest absolute Gasteiger partial charge is 0.507 e. The van der Waals surface area contributed by atoms with E-state index in [2.05, 4.69) is 20.6 Å². The number of rotatable bonds is 7. The predicted molar refractivity (Wildman–Crippen MR) is 85.9 cm³/mol. The molecule has 1 atom stereocenters. The van der Waals surface area contributed by atoms with Gasteiger partial charge in [-0.2, -0.15) is 0 Å². The van der Waals surface area contributed by atoms with Gasteiger partial charge in [0.1, 0.15) is 11.6 Å². The topological polar surface area (TPSA) is 87.1 Å². The number of anilines is 1. The third-order valence-electron chi connectivity index (χ3n) is 3.18. The van der Waals surface area contributed by atoms with Crippen molar-refractivity contribution in [3.05, 3.63) is 35.5 Å². The Labute approximate surface area is 133 Å². The number of phenols is 1. The van der Waals surface area contributed by atoms with E-state index in [1.807, 2.05) is 6.92 Å². The molecule has 1 amide bonds. The van der Waals surface area contributed by atoms with Crippen LogP contribution in [0.15, 0.2) is 30.5 Å². The number of amides is 1. The van der Waals surface area contributed by atoms with Crippen LogP contribution in [-0.4, -0.2) is 34.1 Å². The Morgan fingerprint density at radius 1 is 1.41 bits per heavy atom. The summed E-state index contributed by atoms with van der Waals surface area (Å²) in [4.78, 5) is 19.0. The smallest absolute Gasteiger partial charge is 0.207 e. The molecule has 0 fully saturated rings. The molecule has 0 aliphatic rings. The highest BCUT2D eigenvalue weighted by atomic mass is 35.5. The molecular weight excluding hydrogens is 304 g/mol. The lowest BCUT2D eigenvalue weighted by molar-refractivity contribution is -0.110. The number of hydrogen-bond acceptors (Lipinski definition) is 5. The summed E-state index contributed by atoms with van der Waals surface area (Å²) in [5.74, 6) is 1.05. The summed E-state index contributed by atoms with van der Waals surface area (Å²) in [6, 6.07) is 6.45. The lowest BCUT2D eigenvalue weighted by Crippen LogP contribution is -2.34. The SMILES string of the molecule is CC[C@H](CNc1ccnc(-c2cc(Cl)ccc2O)n1)NC=O. The summed E-state index contributed by atoms with van der Waals surface area (Å²) in [5, 5.41) is 16.3. The number of aromatic nitrogens is 2. The Kier molecular flexibility index (Phi) is 5.55. The maximum absolute atomic E-state index is 10.5. The molecule has 1 aromatic carbocycles. The van der Waals surface area contributed by atoms with Crippen LogP contribution in [0.2, 0.25) is 5.02 Å². The average Bonchev–Trinajstić information content (AvgIpc) is 2.54. The molecule has 22 heavy (non-hydrogen) atoms. The quantitative estimate of drug-likeness (QED) is 0.682. The first-order chi connectivity index (χ1) is 10.6. The predicted octanol–water partition coefficient (Wildman–Crippen LogP) is 2.44. The zero-order valence-corrected chi connectivity index (χ0v) is 12.8. The number of carbonyl (C=O) groups is 1. The Morgan fingerprint density at radius 2 is 2.23 bits per heavy atom. The van der Waals surface area contributed by atoms with Gasteiger partial charge in [-0.25, -0.2) is 9.97 Å². The highest BCUT2D eigenvalue weighted by Crippen LogP contribution is 2.29. The number of nitrogens with one attached hydrogen (secondary N) is 2. The summed E-state index contributed by atoms with van der Waals surface area (Å²) >= 11 is 5.94. The highest BCUT2D eigenvalue weighted by molar-refractivity contribution is 6.30. The van der Waals surface area contributed by atoms with Crippen molar-refractivity contribution in [3.8, 4) is 17.1 Å². The van der Waals surface area contributed by atoms with Gasteiger partial charge in [-0.05, 0) is 30.7 Å². The maximum atomic E-state index is 10.5. The standard InChI is InChI=1S/C15H17ClN4O2/c1-2-11(19-9-21)8-18-14-5-6-17-15(20-14)12-7-10(16)3-4-13(12)22/h3-7,9,11,22H,2,8H2,1H3,(H,19,21)(H,17,18,20)/t11-/m1/s1. The molecule has 2 rings (SSSR count). The second-order valence-corrected chi connectivity index (χ2v) is 5.13. The van der Waals surface area contributed by atoms with Crippen LogP contribution in [0.1, 0.15) is 13.3 Å². The van der Waals surface area contributed by atoms with Crippen molar-refractivity contribution in [2.45, 2.75) is 19.4 Å². The molecule has 116 valence electrons. The van der Waals surface area contributed by atoms with E-state index >= 15 is 0 Å². The van der Waals surface area contributed by atoms with Gasteiger partial charge in [0.25, 0.3) is 0 Å². The van der Waals surface area contributed by atoms with Crippen molar-refractivity contribution in [1.82, 2.24) is 15.3 Å². The molecule has 0 saturated carbocycles. The zero-order valence-electron chi connectivity index (χ0n) is 12.1. The van der Waals surface area contributed by atoms with Crippen molar-refractivity contribution in [3.63, 3.8) is 0 Å². The van der Waals surface area contributed by atoms with E-state index in [0.717, 1.165) is 6.42 Å². The Bertz CT molecular complexity index is 651. The number of carbonyl (C=O) groups excluding carboxylic acids is 1. The minimum atomic E-state index is 0.0236. The maximum Gasteiger partial charge on any atom is 0.207 e. The molecule has 1 aromatic heterocycles. The monoisotopic (exact) mass is 320 g/mol. The fourth-order valence-electron chi connectivity index (χ4n) is 1.92. The first-order valence-electron chi connectivity index (χ1n) is 6.89. The van der Waals surface area contributed by atoms with E-state index < -0.39 is 0 Å². The number of aromatic hydroxyl groups is 1. The molecule has 0 aliphatic carbocycles. The molecule has 3 N–H and O–H groups in total. The third kappa shape index (κ3) is 4.08. The summed E-state index contributed by atoms with van der Waals surface area (Å²) < 4.78 is 0. The fraction of sp³-hybridized carbons (Fsp3) is 0.267. The summed E-state index contributed by atoms with van der Waals surface area (Å²) in [6.07, 6.45) is 3.09. The van der Waals surface area contributed by atoms with Crippen LogP contribution in [0.4, 0.5) is 5.82 Å². The van der Waals surface area contributed by atoms with E-state index in [4.69, 9.17) is 11.6 Å². The number of hydrogen-bond donors (Lipinski definition) is 3. The fourth-order valence-corrected chi connectivity index (χ4v) is 2.09. The Hall–Kier alpha value is -2.34. The van der Waals surface area contributed by atoms with E-state index in [1.54, 1.807) is 24.4 Å². The minimum absolute atomic E-state index is 0.0236. The molecular formula is C15H17ClN4O2. The number of phenolic OH excluding ortho intramolecular Hbond substituents is 1. The van der Waals surface area contributed by atoms with Crippen LogP contribution in [0, 0.1) is 0 Å². The normalized spacial score (nSPS) is 11.7. The second kappa shape index (κ2) is 7.61. The van der Waals surface area contributed by atoms with E-state index in [0.29, 0.717) is 35.2 Å². The molecule has 0 bridgehead atoms. The second-order valence-electron chi connectivity index (χ2n) is 4.70. The van der Waals surface area contributed by atoms with Crippen LogP contribution in [-0.2, 0) is 4.79 Å². The molecule has 1 heterocycles. The van der Waals surface area contributed by atoms with Crippen LogP contribution in [0.5, 0.6) is 5.75 Å². The first kappa shape index (κ1) is 16.0. The van der Waals surface area contributed by atoms with E-state index in [9.17, 15) is 9.90 Å². The summed E-state index contributed by atoms with van der Waals surface area (Å²) in [7, 11) is 0. The lowest BCUT2D eigenvalue weighted by Gasteiger charge is -2.15. The summed E-state index contributed by atoms with van der Waals surface area (Å²) in [5.41, 5.74) is 0.467. The van der Waals surface area contributed by atoms with Gasteiger partial charge in [0.15, 0.2) is 5.82 Å². The van der Waals surface area contributed by atoms with Crippen molar-refractivity contribution in [2.24, 2.45) is 0 Å². The van der Waals surface area contributed by atoms with Crippen molar-refractivity contribution < 1.29 is 9.90 Å². The van der Waals surface area contributed by atoms with Crippen molar-refractivity contribution in [1.29, 1.82) is 0 Å². The minimum Gasteiger partial charge on any atom is -0.507 e. The average molecular weight is 321 g/mol. The van der Waals surface area contributed by atoms with Crippen LogP contribution >= 0.6 is 11.6 Å². The van der Waals surface area contributed by atoms with Gasteiger partial charge < -0.3 is 15.7 Å². The van der Waals surface area contributed by atoms with Crippen LogP contribution < -0.4 is 10.6 Å². The zero-order chi connectivity index (χ0) is 15.9. The number of benzene rings is 1. The third-order valence-corrected chi connectivity index (χ3v) is 3.42. The molecule has 6 nitrogen and oxygen atoms in total. The van der Waals surface area contributed by atoms with Gasteiger partial charge in [-0.1, -0.05) is 18.5 Å². The van der Waals surface area contributed by atoms with E-state index in [1.165, 1.54) is 6.07 Å². The van der Waals surface area contributed by atoms with Gasteiger partial charge in [0.05, 0.1) is 5.56 Å². The number of halogens is 1. The van der Waals surface area contributed by atoms with Gasteiger partial charge in [0.2, 0.25) is 6.41 Å². The van der Waals surface area contributed by atoms with Gasteiger partial charge in [-0.3, -0.25) is 4.79 Å². The molecule has 0 spiro atoms. The van der Waals surface area contributed by atoms with Crippen LogP contribution in [0.3, 0.4) is 0 Å². The molecule has 2 aromatic rings. The van der Waals surface area contributed by atoms with Crippen LogP contribution in [0.25, 0.3) is 11.4 Å². The van der Waals surface area contributed by atoms with Crippen molar-refractivity contribution >= 4 is 23.8 Å². The van der Waals surface area contributed by atoms with E-state index in [-0.39, 0.29) is 11.8 Å². The molecule has 0 saturated heterocycles. The molecule has 0 unspecified atom stereocenters. The molecule has 0 radical (unpaired) electrons.